The highest BCUT2D eigenvalue weighted by molar-refractivity contribution is 6.34. The van der Waals surface area contributed by atoms with Crippen LogP contribution in [-0.2, 0) is 11.3 Å². The number of hydrogen-bond acceptors (Lipinski definition) is 2. The maximum atomic E-state index is 5.93. The van der Waals surface area contributed by atoms with Gasteiger partial charge in [0.15, 0.2) is 0 Å². The molecule has 1 N–H and O–H groups in total. The molecule has 0 atom stereocenters. The van der Waals surface area contributed by atoms with E-state index in [1.807, 2.05) is 12.1 Å². The molecular weight excluding hydrogens is 269 g/mol. The summed E-state index contributed by atoms with van der Waals surface area (Å²) >= 11 is 11.9. The van der Waals surface area contributed by atoms with E-state index in [0.29, 0.717) is 16.1 Å². The first-order valence-electron chi connectivity index (χ1n) is 6.35. The summed E-state index contributed by atoms with van der Waals surface area (Å²) in [5.41, 5.74) is 1.12. The largest absolute Gasteiger partial charge is 0.379 e. The van der Waals surface area contributed by atoms with Gasteiger partial charge < -0.3 is 10.1 Å². The lowest BCUT2D eigenvalue weighted by Crippen LogP contribution is -2.15. The van der Waals surface area contributed by atoms with Gasteiger partial charge in [-0.05, 0) is 57.0 Å². The third kappa shape index (κ3) is 7.22. The van der Waals surface area contributed by atoms with Crippen LogP contribution in [0.2, 0.25) is 10.0 Å². The highest BCUT2D eigenvalue weighted by atomic mass is 35.5. The van der Waals surface area contributed by atoms with Crippen LogP contribution in [0.1, 0.15) is 32.3 Å². The lowest BCUT2D eigenvalue weighted by Gasteiger charge is -2.08. The van der Waals surface area contributed by atoms with Gasteiger partial charge in [0.1, 0.15) is 0 Å². The third-order valence-corrected chi connectivity index (χ3v) is 2.89. The van der Waals surface area contributed by atoms with E-state index in [-0.39, 0.29) is 0 Å². The van der Waals surface area contributed by atoms with Crippen molar-refractivity contribution < 1.29 is 4.74 Å². The first kappa shape index (κ1) is 15.8. The zero-order chi connectivity index (χ0) is 13.4. The van der Waals surface area contributed by atoms with E-state index in [1.165, 1.54) is 0 Å². The van der Waals surface area contributed by atoms with E-state index >= 15 is 0 Å². The molecule has 0 aliphatic rings. The van der Waals surface area contributed by atoms with Crippen LogP contribution in [0.25, 0.3) is 0 Å². The molecule has 0 radical (unpaired) electrons. The normalized spacial score (nSPS) is 11.2. The second-order valence-electron chi connectivity index (χ2n) is 4.58. The van der Waals surface area contributed by atoms with E-state index in [4.69, 9.17) is 27.9 Å². The summed E-state index contributed by atoms with van der Waals surface area (Å²) in [4.78, 5) is 0. The van der Waals surface area contributed by atoms with E-state index in [9.17, 15) is 0 Å². The van der Waals surface area contributed by atoms with Crippen molar-refractivity contribution in [1.82, 2.24) is 5.32 Å². The molecule has 0 unspecified atom stereocenters. The van der Waals surface area contributed by atoms with Gasteiger partial charge in [-0.15, -0.1) is 0 Å². The fourth-order valence-electron chi connectivity index (χ4n) is 1.62. The molecule has 0 heterocycles. The Morgan fingerprint density at radius 3 is 2.39 bits per heavy atom. The first-order chi connectivity index (χ1) is 8.58. The highest BCUT2D eigenvalue weighted by Gasteiger charge is 1.98. The zero-order valence-corrected chi connectivity index (χ0v) is 12.5. The van der Waals surface area contributed by atoms with Crippen molar-refractivity contribution in [1.29, 1.82) is 0 Å². The number of unbranched alkanes of at least 4 members (excludes halogenated alkanes) is 1. The predicted molar refractivity (Wildman–Crippen MR) is 78.5 cm³/mol. The Kier molecular flexibility index (Phi) is 7.68. The van der Waals surface area contributed by atoms with Crippen LogP contribution in [0.15, 0.2) is 18.2 Å². The summed E-state index contributed by atoms with van der Waals surface area (Å²) in [5.74, 6) is 0. The number of ether oxygens (including phenoxy) is 1. The molecule has 0 aliphatic heterocycles. The number of hydrogen-bond donors (Lipinski definition) is 1. The van der Waals surface area contributed by atoms with Gasteiger partial charge in [0.25, 0.3) is 0 Å². The van der Waals surface area contributed by atoms with Crippen molar-refractivity contribution in [3.8, 4) is 0 Å². The van der Waals surface area contributed by atoms with Gasteiger partial charge in [-0.25, -0.2) is 0 Å². The molecule has 0 aromatic heterocycles. The van der Waals surface area contributed by atoms with E-state index in [1.54, 1.807) is 6.07 Å². The van der Waals surface area contributed by atoms with E-state index in [2.05, 4.69) is 19.2 Å². The Morgan fingerprint density at radius 1 is 1.11 bits per heavy atom. The molecule has 4 heteroatoms. The van der Waals surface area contributed by atoms with Crippen LogP contribution >= 0.6 is 23.2 Å². The first-order valence-corrected chi connectivity index (χ1v) is 7.11. The Morgan fingerprint density at radius 2 is 1.78 bits per heavy atom. The molecular formula is C14H21Cl2NO. The van der Waals surface area contributed by atoms with Gasteiger partial charge >= 0.3 is 0 Å². The molecule has 0 saturated heterocycles. The maximum absolute atomic E-state index is 5.93. The van der Waals surface area contributed by atoms with Crippen LogP contribution in [-0.4, -0.2) is 19.3 Å². The van der Waals surface area contributed by atoms with Crippen LogP contribution in [0.5, 0.6) is 0 Å². The third-order valence-electron chi connectivity index (χ3n) is 2.45. The van der Waals surface area contributed by atoms with Crippen molar-refractivity contribution in [3.63, 3.8) is 0 Å². The van der Waals surface area contributed by atoms with E-state index < -0.39 is 0 Å². The Hall–Kier alpha value is -0.280. The lowest BCUT2D eigenvalue weighted by atomic mass is 10.2. The van der Waals surface area contributed by atoms with Gasteiger partial charge in [0.05, 0.1) is 6.10 Å². The summed E-state index contributed by atoms with van der Waals surface area (Å²) in [7, 11) is 0. The quantitative estimate of drug-likeness (QED) is 0.721. The van der Waals surface area contributed by atoms with Gasteiger partial charge in [-0.3, -0.25) is 0 Å². The minimum atomic E-state index is 0.326. The molecule has 1 aromatic rings. The molecule has 0 bridgehead atoms. The molecule has 1 aromatic carbocycles. The van der Waals surface area contributed by atoms with Crippen molar-refractivity contribution in [2.24, 2.45) is 0 Å². The summed E-state index contributed by atoms with van der Waals surface area (Å²) in [6.45, 7) is 6.72. The molecule has 1 rings (SSSR count). The Labute approximate surface area is 120 Å². The minimum Gasteiger partial charge on any atom is -0.379 e. The molecule has 0 amide bonds. The van der Waals surface area contributed by atoms with E-state index in [0.717, 1.165) is 38.1 Å². The molecule has 18 heavy (non-hydrogen) atoms. The van der Waals surface area contributed by atoms with Gasteiger partial charge in [0.2, 0.25) is 0 Å². The van der Waals surface area contributed by atoms with Crippen LogP contribution in [0.3, 0.4) is 0 Å². The maximum Gasteiger partial charge on any atom is 0.0518 e. The average Bonchev–Trinajstić information content (AvgIpc) is 2.26. The second kappa shape index (κ2) is 8.76. The standard InChI is InChI=1S/C14H21Cl2NO/c1-11(2)18-6-4-3-5-17-10-12-7-13(15)9-14(16)8-12/h7-9,11,17H,3-6,10H2,1-2H3. The molecule has 2 nitrogen and oxygen atoms in total. The Balaban J connectivity index is 2.10. The SMILES string of the molecule is CC(C)OCCCCNCc1cc(Cl)cc(Cl)c1. The van der Waals surface area contributed by atoms with Gasteiger partial charge in [-0.1, -0.05) is 23.2 Å². The van der Waals surface area contributed by atoms with Crippen LogP contribution < -0.4 is 5.32 Å². The monoisotopic (exact) mass is 289 g/mol. The topological polar surface area (TPSA) is 21.3 Å². The Bertz CT molecular complexity index is 335. The lowest BCUT2D eigenvalue weighted by molar-refractivity contribution is 0.0760. The smallest absolute Gasteiger partial charge is 0.0518 e. The summed E-state index contributed by atoms with van der Waals surface area (Å²) in [6, 6.07) is 5.61. The van der Waals surface area contributed by atoms with Crippen molar-refractivity contribution in [2.75, 3.05) is 13.2 Å². The molecule has 102 valence electrons. The fraction of sp³-hybridized carbons (Fsp3) is 0.571. The minimum absolute atomic E-state index is 0.326. The zero-order valence-electron chi connectivity index (χ0n) is 11.0. The fourth-order valence-corrected chi connectivity index (χ4v) is 2.19. The van der Waals surface area contributed by atoms with Crippen LogP contribution in [0.4, 0.5) is 0 Å². The second-order valence-corrected chi connectivity index (χ2v) is 5.45. The number of nitrogens with one attached hydrogen (secondary N) is 1. The van der Waals surface area contributed by atoms with Crippen molar-refractivity contribution in [2.45, 2.75) is 39.3 Å². The number of halogens is 2. The molecule has 0 spiro atoms. The number of rotatable bonds is 8. The van der Waals surface area contributed by atoms with Crippen LogP contribution in [0, 0.1) is 0 Å². The summed E-state index contributed by atoms with van der Waals surface area (Å²) in [6.07, 6.45) is 2.52. The van der Waals surface area contributed by atoms with Crippen molar-refractivity contribution >= 4 is 23.2 Å². The van der Waals surface area contributed by atoms with Gasteiger partial charge in [-0.2, -0.15) is 0 Å². The highest BCUT2D eigenvalue weighted by Crippen LogP contribution is 2.18. The van der Waals surface area contributed by atoms with Crippen molar-refractivity contribution in [3.05, 3.63) is 33.8 Å². The summed E-state index contributed by atoms with van der Waals surface area (Å²) in [5, 5.41) is 4.74. The average molecular weight is 290 g/mol. The molecule has 0 fully saturated rings. The predicted octanol–water partition coefficient (Wildman–Crippen LogP) is 4.29. The molecule has 0 saturated carbocycles. The van der Waals surface area contributed by atoms with Gasteiger partial charge in [0, 0.05) is 23.2 Å². The summed E-state index contributed by atoms with van der Waals surface area (Å²) < 4.78 is 5.48. The number of benzene rings is 1. The molecule has 0 aliphatic carbocycles.